The molecule has 0 amide bonds. The van der Waals surface area contributed by atoms with Crippen LogP contribution in [0.4, 0.5) is 0 Å². The van der Waals surface area contributed by atoms with E-state index in [1.807, 2.05) is 0 Å². The minimum Gasteiger partial charge on any atom is -0.330 e. The molecule has 0 unspecified atom stereocenters. The van der Waals surface area contributed by atoms with Crippen LogP contribution in [-0.2, 0) is 0 Å². The molecular formula is C3H13N5. The Morgan fingerprint density at radius 1 is 1.25 bits per heavy atom. The second kappa shape index (κ2) is 4.95. The Bertz CT molecular complexity index is 42.9. The monoisotopic (exact) mass is 119 g/mol. The second-order valence-electron chi connectivity index (χ2n) is 1.46. The normalized spacial score (nSPS) is 10.5. The summed E-state index contributed by atoms with van der Waals surface area (Å²) in [6, 6.07) is 0. The molecule has 8 N–H and O–H groups in total. The van der Waals surface area contributed by atoms with Crippen molar-refractivity contribution in [3.63, 3.8) is 0 Å². The van der Waals surface area contributed by atoms with Crippen LogP contribution in [0, 0.1) is 0 Å². The van der Waals surface area contributed by atoms with E-state index in [9.17, 15) is 0 Å². The molecule has 50 valence electrons. The summed E-state index contributed by atoms with van der Waals surface area (Å²) in [6.07, 6.45) is 0.660. The largest absolute Gasteiger partial charge is 0.330 e. The van der Waals surface area contributed by atoms with Crippen LogP contribution < -0.4 is 28.3 Å². The molecule has 0 aliphatic rings. The first kappa shape index (κ1) is 7.80. The minimum absolute atomic E-state index is 0.0694. The van der Waals surface area contributed by atoms with Crippen LogP contribution in [0.1, 0.15) is 6.42 Å². The Hall–Kier alpha value is -0.200. The molecule has 0 atom stereocenters. The molecule has 0 aliphatic heterocycles. The summed E-state index contributed by atoms with van der Waals surface area (Å²) in [5, 5.41) is 0. The third-order valence-corrected chi connectivity index (χ3v) is 0.858. The third-order valence-electron chi connectivity index (χ3n) is 0.858. The van der Waals surface area contributed by atoms with Crippen molar-refractivity contribution in [1.82, 2.24) is 10.9 Å². The van der Waals surface area contributed by atoms with Gasteiger partial charge in [-0.2, -0.15) is 0 Å². The van der Waals surface area contributed by atoms with E-state index in [1.165, 1.54) is 0 Å². The fraction of sp³-hybridized carbons (Fsp3) is 1.00. The number of nitrogens with two attached hydrogens (primary N) is 3. The Labute approximate surface area is 48.5 Å². The molecule has 0 aliphatic carbocycles. The second-order valence-corrected chi connectivity index (χ2v) is 1.46. The van der Waals surface area contributed by atoms with Crippen LogP contribution in [0.25, 0.3) is 0 Å². The van der Waals surface area contributed by atoms with Crippen molar-refractivity contribution < 1.29 is 0 Å². The predicted octanol–water partition coefficient (Wildman–Crippen LogP) is -2.41. The Morgan fingerprint density at radius 2 is 1.75 bits per heavy atom. The number of hydrogen-bond acceptors (Lipinski definition) is 5. The maximum absolute atomic E-state index is 5.19. The highest BCUT2D eigenvalue weighted by Crippen LogP contribution is 1.76. The van der Waals surface area contributed by atoms with Crippen molar-refractivity contribution in [3.05, 3.63) is 0 Å². The Morgan fingerprint density at radius 3 is 1.88 bits per heavy atom. The molecule has 0 radical (unpaired) electrons. The zero-order valence-electron chi connectivity index (χ0n) is 4.72. The quantitative estimate of drug-likeness (QED) is 0.161. The zero-order valence-corrected chi connectivity index (χ0v) is 4.72. The molecule has 5 heteroatoms. The molecule has 5 nitrogen and oxygen atoms in total. The number of nitrogens with one attached hydrogen (secondary N) is 2. The lowest BCUT2D eigenvalue weighted by molar-refractivity contribution is 0.422. The first-order valence-electron chi connectivity index (χ1n) is 2.47. The Balaban J connectivity index is 3.07. The van der Waals surface area contributed by atoms with E-state index >= 15 is 0 Å². The van der Waals surface area contributed by atoms with Crippen LogP contribution >= 0.6 is 0 Å². The van der Waals surface area contributed by atoms with Gasteiger partial charge in [-0.05, 0) is 13.0 Å². The van der Waals surface area contributed by atoms with Gasteiger partial charge in [-0.25, -0.2) is 10.9 Å². The first-order chi connectivity index (χ1) is 3.85. The molecule has 0 saturated heterocycles. The van der Waals surface area contributed by atoms with Gasteiger partial charge in [0.2, 0.25) is 0 Å². The van der Waals surface area contributed by atoms with Gasteiger partial charge in [0.05, 0.1) is 6.17 Å². The maximum atomic E-state index is 5.19. The average molecular weight is 119 g/mol. The SMILES string of the molecule is NCCC(NN)NN. The number of hydrogen-bond donors (Lipinski definition) is 5. The van der Waals surface area contributed by atoms with E-state index in [0.29, 0.717) is 6.54 Å². The summed E-state index contributed by atoms with van der Waals surface area (Å²) >= 11 is 0. The van der Waals surface area contributed by atoms with Crippen LogP contribution in [0.3, 0.4) is 0 Å². The summed E-state index contributed by atoms with van der Waals surface area (Å²) in [5.74, 6) is 10.0. The van der Waals surface area contributed by atoms with Gasteiger partial charge in [-0.3, -0.25) is 11.7 Å². The molecule has 0 fully saturated rings. The maximum Gasteiger partial charge on any atom is 0.0839 e. The number of rotatable bonds is 4. The highest BCUT2D eigenvalue weighted by Gasteiger charge is 1.97. The average Bonchev–Trinajstić information content (AvgIpc) is 1.83. The summed E-state index contributed by atoms with van der Waals surface area (Å²) in [4.78, 5) is 0. The van der Waals surface area contributed by atoms with Crippen LogP contribution in [0.15, 0.2) is 0 Å². The summed E-state index contributed by atoms with van der Waals surface area (Å²) < 4.78 is 0. The lowest BCUT2D eigenvalue weighted by Gasteiger charge is -2.11. The molecule has 0 bridgehead atoms. The summed E-state index contributed by atoms with van der Waals surface area (Å²) in [7, 11) is 0. The molecule has 0 aromatic heterocycles. The summed E-state index contributed by atoms with van der Waals surface area (Å²) in [5.41, 5.74) is 10.1. The standard InChI is InChI=1S/C3H13N5/c4-2-1-3(7-5)8-6/h3,7-8H,1-2,4-6H2. The van der Waals surface area contributed by atoms with E-state index < -0.39 is 0 Å². The Kier molecular flexibility index (Phi) is 4.82. The molecule has 0 heterocycles. The van der Waals surface area contributed by atoms with Crippen molar-refractivity contribution in [3.8, 4) is 0 Å². The zero-order chi connectivity index (χ0) is 6.41. The van der Waals surface area contributed by atoms with E-state index in [1.54, 1.807) is 0 Å². The molecule has 0 saturated carbocycles. The first-order valence-corrected chi connectivity index (χ1v) is 2.47. The van der Waals surface area contributed by atoms with Gasteiger partial charge in [-0.15, -0.1) is 0 Å². The smallest absolute Gasteiger partial charge is 0.0839 e. The third kappa shape index (κ3) is 2.89. The van der Waals surface area contributed by atoms with Crippen LogP contribution in [0.2, 0.25) is 0 Å². The molecule has 0 aromatic carbocycles. The van der Waals surface area contributed by atoms with Gasteiger partial charge in [0, 0.05) is 0 Å². The molecule has 0 aromatic rings. The predicted molar refractivity (Wildman–Crippen MR) is 32.1 cm³/mol. The van der Waals surface area contributed by atoms with E-state index in [-0.39, 0.29) is 6.17 Å². The van der Waals surface area contributed by atoms with Gasteiger partial charge in [-0.1, -0.05) is 0 Å². The molecule has 0 spiro atoms. The highest BCUT2D eigenvalue weighted by atomic mass is 15.4. The fourth-order valence-electron chi connectivity index (χ4n) is 0.381. The summed E-state index contributed by atoms with van der Waals surface area (Å²) in [6.45, 7) is 0.569. The van der Waals surface area contributed by atoms with Crippen LogP contribution in [0.5, 0.6) is 0 Å². The topological polar surface area (TPSA) is 102 Å². The van der Waals surface area contributed by atoms with Crippen molar-refractivity contribution in [1.29, 1.82) is 0 Å². The van der Waals surface area contributed by atoms with Gasteiger partial charge in [0.1, 0.15) is 0 Å². The van der Waals surface area contributed by atoms with E-state index in [4.69, 9.17) is 17.4 Å². The van der Waals surface area contributed by atoms with Crippen molar-refractivity contribution in [2.24, 2.45) is 17.4 Å². The van der Waals surface area contributed by atoms with E-state index in [0.717, 1.165) is 6.42 Å². The lowest BCUT2D eigenvalue weighted by Crippen LogP contribution is -2.50. The van der Waals surface area contributed by atoms with Gasteiger partial charge >= 0.3 is 0 Å². The van der Waals surface area contributed by atoms with Crippen molar-refractivity contribution >= 4 is 0 Å². The fourth-order valence-corrected chi connectivity index (χ4v) is 0.381. The van der Waals surface area contributed by atoms with Crippen molar-refractivity contribution in [2.75, 3.05) is 6.54 Å². The van der Waals surface area contributed by atoms with E-state index in [2.05, 4.69) is 10.9 Å². The molecule has 0 rings (SSSR count). The van der Waals surface area contributed by atoms with Gasteiger partial charge in [0.15, 0.2) is 0 Å². The van der Waals surface area contributed by atoms with Crippen molar-refractivity contribution in [2.45, 2.75) is 12.6 Å². The molecular weight excluding hydrogens is 106 g/mol. The van der Waals surface area contributed by atoms with Gasteiger partial charge in [0.25, 0.3) is 0 Å². The van der Waals surface area contributed by atoms with Crippen LogP contribution in [-0.4, -0.2) is 12.7 Å². The molecule has 8 heavy (non-hydrogen) atoms. The lowest BCUT2D eigenvalue weighted by atomic mass is 10.4. The minimum atomic E-state index is -0.0694. The highest BCUT2D eigenvalue weighted by molar-refractivity contribution is 4.54. The number of hydrazine groups is 2. The van der Waals surface area contributed by atoms with Gasteiger partial charge < -0.3 is 5.73 Å².